The Bertz CT molecular complexity index is 835. The molecule has 1 aromatic heterocycles. The lowest BCUT2D eigenvalue weighted by Gasteiger charge is -2.08. The Hall–Kier alpha value is -1.10. The largest absolute Gasteiger partial charge is 0.330 e. The average molecular weight is 354 g/mol. The van der Waals surface area contributed by atoms with Crippen LogP contribution in [0.2, 0.25) is 5.02 Å². The molecule has 0 saturated carbocycles. The number of H-pyrrole nitrogens is 1. The predicted octanol–water partition coefficient (Wildman–Crippen LogP) is 5.41. The molecule has 0 spiro atoms. The number of imidazole rings is 1. The molecule has 1 heterocycles. The van der Waals surface area contributed by atoms with E-state index >= 15 is 0 Å². The Morgan fingerprint density at radius 1 is 1.26 bits per heavy atom. The summed E-state index contributed by atoms with van der Waals surface area (Å²) in [4.78, 5) is 3.24. The number of halogens is 2. The van der Waals surface area contributed by atoms with Crippen molar-refractivity contribution in [3.8, 4) is 5.69 Å². The molecular formula is C14H10BrClN2S. The maximum absolute atomic E-state index is 6.30. The van der Waals surface area contributed by atoms with Gasteiger partial charge in [0, 0.05) is 4.47 Å². The summed E-state index contributed by atoms with van der Waals surface area (Å²) in [6.45, 7) is 2.06. The molecule has 0 bridgehead atoms. The molecule has 2 nitrogen and oxygen atoms in total. The highest BCUT2D eigenvalue weighted by Crippen LogP contribution is 2.29. The molecule has 0 unspecified atom stereocenters. The monoisotopic (exact) mass is 352 g/mol. The van der Waals surface area contributed by atoms with Gasteiger partial charge in [-0.2, -0.15) is 0 Å². The lowest BCUT2D eigenvalue weighted by molar-refractivity contribution is 1.06. The first-order valence-corrected chi connectivity index (χ1v) is 7.31. The molecule has 3 aromatic rings. The van der Waals surface area contributed by atoms with Gasteiger partial charge in [0.25, 0.3) is 0 Å². The summed E-state index contributed by atoms with van der Waals surface area (Å²) < 4.78 is 3.57. The van der Waals surface area contributed by atoms with Crippen molar-refractivity contribution in [3.05, 3.63) is 56.2 Å². The van der Waals surface area contributed by atoms with Gasteiger partial charge in [0.05, 0.1) is 21.7 Å². The number of benzene rings is 2. The van der Waals surface area contributed by atoms with E-state index in [-0.39, 0.29) is 0 Å². The molecule has 96 valence electrons. The minimum Gasteiger partial charge on any atom is -0.330 e. The first-order valence-electron chi connectivity index (χ1n) is 5.73. The van der Waals surface area contributed by atoms with E-state index in [0.29, 0.717) is 9.79 Å². The fourth-order valence-corrected chi connectivity index (χ4v) is 3.02. The summed E-state index contributed by atoms with van der Waals surface area (Å²) in [5.41, 5.74) is 4.11. The number of aromatic amines is 1. The second kappa shape index (κ2) is 4.78. The van der Waals surface area contributed by atoms with Gasteiger partial charge in [-0.3, -0.25) is 4.57 Å². The maximum atomic E-state index is 6.30. The summed E-state index contributed by atoms with van der Waals surface area (Å²) in [5.74, 6) is 0. The van der Waals surface area contributed by atoms with Crippen LogP contribution in [0.4, 0.5) is 0 Å². The molecule has 0 fully saturated rings. The Kier molecular flexibility index (Phi) is 3.25. The van der Waals surface area contributed by atoms with Gasteiger partial charge in [-0.1, -0.05) is 39.7 Å². The van der Waals surface area contributed by atoms with E-state index in [2.05, 4.69) is 33.9 Å². The molecule has 0 saturated heterocycles. The van der Waals surface area contributed by atoms with Gasteiger partial charge in [0.15, 0.2) is 4.77 Å². The van der Waals surface area contributed by atoms with E-state index in [4.69, 9.17) is 23.8 Å². The molecule has 3 rings (SSSR count). The topological polar surface area (TPSA) is 20.7 Å². The molecule has 0 aliphatic heterocycles. The van der Waals surface area contributed by atoms with Crippen molar-refractivity contribution in [1.29, 1.82) is 0 Å². The summed E-state index contributed by atoms with van der Waals surface area (Å²) in [6, 6.07) is 11.8. The molecule has 0 radical (unpaired) electrons. The zero-order valence-electron chi connectivity index (χ0n) is 10.1. The van der Waals surface area contributed by atoms with Crippen LogP contribution < -0.4 is 0 Å². The Morgan fingerprint density at radius 3 is 2.84 bits per heavy atom. The quantitative estimate of drug-likeness (QED) is 0.580. The van der Waals surface area contributed by atoms with E-state index < -0.39 is 0 Å². The number of hydrogen-bond donors (Lipinski definition) is 1. The highest BCUT2D eigenvalue weighted by atomic mass is 79.9. The summed E-state index contributed by atoms with van der Waals surface area (Å²) in [5, 5.41) is 0.668. The third-order valence-corrected chi connectivity index (χ3v) is 4.17. The van der Waals surface area contributed by atoms with Crippen molar-refractivity contribution in [2.75, 3.05) is 0 Å². The fourth-order valence-electron chi connectivity index (χ4n) is 2.17. The van der Waals surface area contributed by atoms with Crippen LogP contribution in [0.5, 0.6) is 0 Å². The van der Waals surface area contributed by atoms with E-state index in [1.807, 2.05) is 34.9 Å². The number of fused-ring (bicyclic) bond motifs is 1. The maximum Gasteiger partial charge on any atom is 0.182 e. The van der Waals surface area contributed by atoms with Crippen molar-refractivity contribution in [2.24, 2.45) is 0 Å². The first kappa shape index (κ1) is 12.9. The second-order valence-corrected chi connectivity index (χ2v) is 6.04. The second-order valence-electron chi connectivity index (χ2n) is 4.33. The van der Waals surface area contributed by atoms with Gasteiger partial charge in [0.1, 0.15) is 0 Å². The lowest BCUT2D eigenvalue weighted by atomic mass is 10.2. The Labute approximate surface area is 129 Å². The van der Waals surface area contributed by atoms with E-state index in [9.17, 15) is 0 Å². The number of nitrogens with one attached hydrogen (secondary N) is 1. The van der Waals surface area contributed by atoms with Crippen LogP contribution in [0.25, 0.3) is 16.7 Å². The molecule has 2 aromatic carbocycles. The highest BCUT2D eigenvalue weighted by molar-refractivity contribution is 9.10. The molecule has 0 aliphatic carbocycles. The normalized spacial score (nSPS) is 11.1. The zero-order chi connectivity index (χ0) is 13.6. The lowest BCUT2D eigenvalue weighted by Crippen LogP contribution is -1.95. The number of aryl methyl sites for hydroxylation is 1. The molecule has 0 atom stereocenters. The Balaban J connectivity index is 2.43. The number of rotatable bonds is 1. The van der Waals surface area contributed by atoms with Crippen LogP contribution in [0.3, 0.4) is 0 Å². The number of nitrogens with zero attached hydrogens (tertiary/aromatic N) is 1. The van der Waals surface area contributed by atoms with Crippen LogP contribution in [0.1, 0.15) is 5.56 Å². The minimum atomic E-state index is 0.643. The van der Waals surface area contributed by atoms with Gasteiger partial charge in [0.2, 0.25) is 0 Å². The third kappa shape index (κ3) is 2.14. The highest BCUT2D eigenvalue weighted by Gasteiger charge is 2.11. The summed E-state index contributed by atoms with van der Waals surface area (Å²) in [6.07, 6.45) is 0. The fraction of sp³-hybridized carbons (Fsp3) is 0.0714. The molecule has 5 heteroatoms. The van der Waals surface area contributed by atoms with Crippen molar-refractivity contribution < 1.29 is 0 Å². The van der Waals surface area contributed by atoms with E-state index in [1.54, 1.807) is 0 Å². The van der Waals surface area contributed by atoms with Crippen LogP contribution in [-0.4, -0.2) is 9.55 Å². The van der Waals surface area contributed by atoms with Gasteiger partial charge in [-0.05, 0) is 49.0 Å². The van der Waals surface area contributed by atoms with Crippen LogP contribution >= 0.6 is 39.7 Å². The predicted molar refractivity (Wildman–Crippen MR) is 85.9 cm³/mol. The third-order valence-electron chi connectivity index (χ3n) is 3.08. The van der Waals surface area contributed by atoms with Crippen molar-refractivity contribution in [2.45, 2.75) is 6.92 Å². The number of hydrogen-bond acceptors (Lipinski definition) is 1. The smallest absolute Gasteiger partial charge is 0.182 e. The first-order chi connectivity index (χ1) is 9.08. The van der Waals surface area contributed by atoms with Gasteiger partial charge in [-0.15, -0.1) is 0 Å². The van der Waals surface area contributed by atoms with Crippen molar-refractivity contribution in [3.63, 3.8) is 0 Å². The van der Waals surface area contributed by atoms with Crippen molar-refractivity contribution in [1.82, 2.24) is 9.55 Å². The number of para-hydroxylation sites is 1. The molecule has 19 heavy (non-hydrogen) atoms. The molecular weight excluding hydrogens is 344 g/mol. The minimum absolute atomic E-state index is 0.643. The van der Waals surface area contributed by atoms with Gasteiger partial charge < -0.3 is 4.98 Å². The van der Waals surface area contributed by atoms with Crippen LogP contribution in [0.15, 0.2) is 40.9 Å². The number of aromatic nitrogens is 2. The molecule has 1 N–H and O–H groups in total. The van der Waals surface area contributed by atoms with E-state index in [1.165, 1.54) is 0 Å². The van der Waals surface area contributed by atoms with Crippen LogP contribution in [0, 0.1) is 11.7 Å². The van der Waals surface area contributed by atoms with Gasteiger partial charge in [-0.25, -0.2) is 0 Å². The SMILES string of the molecule is Cc1cccc2c1[nH]c(=S)n2-c1cc(Br)ccc1Cl. The zero-order valence-corrected chi connectivity index (χ0v) is 13.2. The van der Waals surface area contributed by atoms with E-state index in [0.717, 1.165) is 26.8 Å². The summed E-state index contributed by atoms with van der Waals surface area (Å²) in [7, 11) is 0. The van der Waals surface area contributed by atoms with Gasteiger partial charge >= 0.3 is 0 Å². The molecule has 0 amide bonds. The average Bonchev–Trinajstić information content (AvgIpc) is 2.70. The summed E-state index contributed by atoms with van der Waals surface area (Å²) >= 11 is 15.2. The van der Waals surface area contributed by atoms with Crippen LogP contribution in [-0.2, 0) is 0 Å². The Morgan fingerprint density at radius 2 is 2.05 bits per heavy atom. The van der Waals surface area contributed by atoms with Crippen molar-refractivity contribution >= 4 is 50.8 Å². The standard InChI is InChI=1S/C14H10BrClN2S/c1-8-3-2-4-11-13(8)17-14(19)18(11)12-7-9(15)5-6-10(12)16/h2-7H,1H3,(H,17,19). The molecule has 0 aliphatic rings.